The van der Waals surface area contributed by atoms with Gasteiger partial charge in [0.25, 0.3) is 11.5 Å². The Morgan fingerprint density at radius 2 is 1.93 bits per heavy atom. The second-order valence-corrected chi connectivity index (χ2v) is 7.82. The maximum Gasteiger partial charge on any atom is 0.294 e. The van der Waals surface area contributed by atoms with Crippen LogP contribution in [0.2, 0.25) is 0 Å². The van der Waals surface area contributed by atoms with Gasteiger partial charge in [0, 0.05) is 37.6 Å². The van der Waals surface area contributed by atoms with Gasteiger partial charge in [-0.3, -0.25) is 14.0 Å². The summed E-state index contributed by atoms with van der Waals surface area (Å²) in [6, 6.07) is 7.58. The number of fused-ring (bicyclic) bond motifs is 1. The lowest BCUT2D eigenvalue weighted by molar-refractivity contribution is 0.00555. The predicted molar refractivity (Wildman–Crippen MR) is 106 cm³/mol. The summed E-state index contributed by atoms with van der Waals surface area (Å²) in [5, 5.41) is 9.44. The van der Waals surface area contributed by atoms with Gasteiger partial charge in [0.2, 0.25) is 5.65 Å². The average molecular weight is 394 g/mol. The van der Waals surface area contributed by atoms with Crippen molar-refractivity contribution in [2.75, 3.05) is 20.2 Å². The quantitative estimate of drug-likeness (QED) is 0.707. The minimum Gasteiger partial charge on any atom is -0.497 e. The van der Waals surface area contributed by atoms with E-state index in [9.17, 15) is 14.7 Å². The summed E-state index contributed by atoms with van der Waals surface area (Å²) < 4.78 is 8.64. The van der Waals surface area contributed by atoms with Gasteiger partial charge in [-0.25, -0.2) is 4.98 Å². The molecule has 0 unspecified atom stereocenters. The fraction of sp³-hybridized carbons (Fsp3) is 0.381. The van der Waals surface area contributed by atoms with Gasteiger partial charge in [-0.15, -0.1) is 0 Å². The number of hydrogen-bond acceptors (Lipinski definition) is 5. The van der Waals surface area contributed by atoms with Crippen molar-refractivity contribution in [3.05, 3.63) is 52.7 Å². The van der Waals surface area contributed by atoms with Gasteiger partial charge >= 0.3 is 0 Å². The second-order valence-electron chi connectivity index (χ2n) is 7.82. The number of aliphatic hydroxyl groups excluding tert-OH is 1. The molecule has 3 aromatic rings. The lowest BCUT2D eigenvalue weighted by atomic mass is 10.1. The van der Waals surface area contributed by atoms with Gasteiger partial charge in [-0.1, -0.05) is 0 Å². The number of amides is 1. The van der Waals surface area contributed by atoms with Crippen LogP contribution in [0.3, 0.4) is 0 Å². The molecule has 3 heterocycles. The first-order chi connectivity index (χ1) is 14.0. The van der Waals surface area contributed by atoms with E-state index < -0.39 is 6.10 Å². The normalized spacial score (nSPS) is 16.8. The van der Waals surface area contributed by atoms with Gasteiger partial charge in [0.05, 0.1) is 18.9 Å². The standard InChI is InChI=1S/C21H22N4O4/c1-29-16-6-4-14(5-7-16)18-12-23-11-17(20(27)24-9-15(26)10-24)22-19(23)21(28)25(18)8-13-2-3-13/h4-7,11-13,15,26H,2-3,8-10H2,1H3. The minimum atomic E-state index is -0.478. The molecule has 1 amide bonds. The zero-order valence-corrected chi connectivity index (χ0v) is 16.1. The highest BCUT2D eigenvalue weighted by molar-refractivity contribution is 5.93. The number of carbonyl (C=O) groups is 1. The van der Waals surface area contributed by atoms with Crippen LogP contribution in [-0.2, 0) is 6.54 Å². The molecule has 1 aliphatic carbocycles. The first kappa shape index (κ1) is 17.9. The van der Waals surface area contributed by atoms with Crippen molar-refractivity contribution < 1.29 is 14.6 Å². The molecule has 2 fully saturated rings. The maximum atomic E-state index is 13.2. The molecule has 1 saturated carbocycles. The molecule has 0 bridgehead atoms. The van der Waals surface area contributed by atoms with Crippen LogP contribution in [-0.4, -0.2) is 56.2 Å². The number of carbonyl (C=O) groups excluding carboxylic acids is 1. The number of likely N-dealkylation sites (tertiary alicyclic amines) is 1. The molecule has 2 aromatic heterocycles. The van der Waals surface area contributed by atoms with Crippen LogP contribution in [0.25, 0.3) is 16.9 Å². The van der Waals surface area contributed by atoms with Crippen LogP contribution >= 0.6 is 0 Å². The Labute approximate surface area is 167 Å². The highest BCUT2D eigenvalue weighted by atomic mass is 16.5. The lowest BCUT2D eigenvalue weighted by Crippen LogP contribution is -2.53. The number of aromatic nitrogens is 3. The molecular formula is C21H22N4O4. The van der Waals surface area contributed by atoms with Gasteiger partial charge in [-0.2, -0.15) is 0 Å². The Hall–Kier alpha value is -3.13. The second kappa shape index (κ2) is 6.73. The van der Waals surface area contributed by atoms with E-state index in [1.165, 1.54) is 4.90 Å². The Morgan fingerprint density at radius 3 is 2.55 bits per heavy atom. The van der Waals surface area contributed by atoms with E-state index >= 15 is 0 Å². The smallest absolute Gasteiger partial charge is 0.294 e. The minimum absolute atomic E-state index is 0.201. The third kappa shape index (κ3) is 3.19. The summed E-state index contributed by atoms with van der Waals surface area (Å²) in [6.45, 7) is 1.25. The van der Waals surface area contributed by atoms with Crippen molar-refractivity contribution in [2.45, 2.75) is 25.5 Å². The van der Waals surface area contributed by atoms with Gasteiger partial charge in [0.15, 0.2) is 0 Å². The van der Waals surface area contributed by atoms with Crippen molar-refractivity contribution in [1.29, 1.82) is 0 Å². The molecule has 1 aliphatic heterocycles. The van der Waals surface area contributed by atoms with E-state index in [0.717, 1.165) is 29.8 Å². The lowest BCUT2D eigenvalue weighted by Gasteiger charge is -2.35. The predicted octanol–water partition coefficient (Wildman–Crippen LogP) is 1.40. The highest BCUT2D eigenvalue weighted by Gasteiger charge is 2.31. The monoisotopic (exact) mass is 394 g/mol. The van der Waals surface area contributed by atoms with Crippen molar-refractivity contribution in [3.8, 4) is 17.0 Å². The zero-order valence-electron chi connectivity index (χ0n) is 16.1. The fourth-order valence-corrected chi connectivity index (χ4v) is 3.70. The van der Waals surface area contributed by atoms with E-state index in [1.54, 1.807) is 22.3 Å². The molecule has 8 nitrogen and oxygen atoms in total. The molecule has 1 aromatic carbocycles. The molecule has 0 atom stereocenters. The van der Waals surface area contributed by atoms with Gasteiger partial charge < -0.3 is 19.3 Å². The number of β-amino-alcohol motifs (C(OH)–C–C–N with tert-alkyl or cyclic N) is 1. The third-order valence-electron chi connectivity index (χ3n) is 5.61. The summed E-state index contributed by atoms with van der Waals surface area (Å²) in [6.07, 6.45) is 5.21. The highest BCUT2D eigenvalue weighted by Crippen LogP contribution is 2.32. The van der Waals surface area contributed by atoms with Crippen LogP contribution in [0.4, 0.5) is 0 Å². The number of ether oxygens (including phenoxy) is 1. The van der Waals surface area contributed by atoms with Gasteiger partial charge in [0.1, 0.15) is 11.4 Å². The number of rotatable bonds is 5. The Kier molecular flexibility index (Phi) is 4.16. The van der Waals surface area contributed by atoms with Crippen LogP contribution < -0.4 is 10.3 Å². The summed E-state index contributed by atoms with van der Waals surface area (Å²) in [5.74, 6) is 0.988. The largest absolute Gasteiger partial charge is 0.497 e. The fourth-order valence-electron chi connectivity index (χ4n) is 3.70. The molecule has 0 spiro atoms. The Balaban J connectivity index is 1.60. The molecule has 1 N–H and O–H groups in total. The number of nitrogens with zero attached hydrogens (tertiary/aromatic N) is 4. The molecule has 29 heavy (non-hydrogen) atoms. The first-order valence-electron chi connectivity index (χ1n) is 9.78. The maximum absolute atomic E-state index is 13.2. The first-order valence-corrected chi connectivity index (χ1v) is 9.78. The van der Waals surface area contributed by atoms with E-state index in [2.05, 4.69) is 4.98 Å². The van der Waals surface area contributed by atoms with E-state index in [4.69, 9.17) is 4.74 Å². The van der Waals surface area contributed by atoms with Crippen molar-refractivity contribution in [3.63, 3.8) is 0 Å². The Morgan fingerprint density at radius 1 is 1.21 bits per heavy atom. The summed E-state index contributed by atoms with van der Waals surface area (Å²) in [5.41, 5.74) is 1.95. The SMILES string of the molecule is COc1ccc(-c2cn3cc(C(=O)N4CC(O)C4)nc3c(=O)n2CC2CC2)cc1. The molecular weight excluding hydrogens is 372 g/mol. The zero-order chi connectivity index (χ0) is 20.1. The third-order valence-corrected chi connectivity index (χ3v) is 5.61. The van der Waals surface area contributed by atoms with Crippen molar-refractivity contribution in [1.82, 2.24) is 18.9 Å². The number of imidazole rings is 1. The number of hydrogen-bond donors (Lipinski definition) is 1. The Bertz CT molecular complexity index is 1140. The van der Waals surface area contributed by atoms with E-state index in [1.807, 2.05) is 30.5 Å². The van der Waals surface area contributed by atoms with Crippen LogP contribution in [0.15, 0.2) is 41.5 Å². The van der Waals surface area contributed by atoms with Crippen LogP contribution in [0.1, 0.15) is 23.3 Å². The molecule has 150 valence electrons. The van der Waals surface area contributed by atoms with E-state index in [0.29, 0.717) is 25.6 Å². The molecule has 8 heteroatoms. The topological polar surface area (TPSA) is 89.1 Å². The van der Waals surface area contributed by atoms with Crippen LogP contribution in [0.5, 0.6) is 5.75 Å². The summed E-state index contributed by atoms with van der Waals surface area (Å²) >= 11 is 0. The molecule has 1 saturated heterocycles. The van der Waals surface area contributed by atoms with Gasteiger partial charge in [-0.05, 0) is 43.0 Å². The number of benzene rings is 1. The number of aliphatic hydroxyl groups is 1. The van der Waals surface area contributed by atoms with Crippen LogP contribution in [0, 0.1) is 5.92 Å². The summed E-state index contributed by atoms with van der Waals surface area (Å²) in [7, 11) is 1.62. The number of methoxy groups -OCH3 is 1. The van der Waals surface area contributed by atoms with E-state index in [-0.39, 0.29) is 22.8 Å². The molecule has 2 aliphatic rings. The average Bonchev–Trinajstić information content (AvgIpc) is 3.43. The van der Waals surface area contributed by atoms with Crippen molar-refractivity contribution in [2.24, 2.45) is 5.92 Å². The molecule has 5 rings (SSSR count). The summed E-state index contributed by atoms with van der Waals surface area (Å²) in [4.78, 5) is 31.7. The molecule has 0 radical (unpaired) electrons. The van der Waals surface area contributed by atoms with Crippen molar-refractivity contribution >= 4 is 11.6 Å².